The highest BCUT2D eigenvalue weighted by molar-refractivity contribution is 6.33. The predicted molar refractivity (Wildman–Crippen MR) is 102 cm³/mol. The molecule has 3 rings (SSSR count). The van der Waals surface area contributed by atoms with Crippen LogP contribution in [0.5, 0.6) is 0 Å². The highest BCUT2D eigenvalue weighted by Gasteiger charge is 2.19. The number of anilines is 1. The van der Waals surface area contributed by atoms with Gasteiger partial charge in [-0.2, -0.15) is 0 Å². The van der Waals surface area contributed by atoms with Crippen molar-refractivity contribution in [2.75, 3.05) is 5.32 Å². The second-order valence-electron chi connectivity index (χ2n) is 5.80. The molecule has 8 heteroatoms. The molecule has 0 aliphatic rings. The Morgan fingerprint density at radius 1 is 1.19 bits per heavy atom. The number of hydrogen-bond donors (Lipinski definition) is 1. The third-order valence-corrected chi connectivity index (χ3v) is 4.17. The van der Waals surface area contributed by atoms with Gasteiger partial charge in [-0.25, -0.2) is 4.98 Å². The molecule has 1 heterocycles. The number of nitrogens with zero attached hydrogens (tertiary/aromatic N) is 2. The zero-order chi connectivity index (χ0) is 19.4. The van der Waals surface area contributed by atoms with Gasteiger partial charge >= 0.3 is 5.97 Å². The molecule has 0 radical (unpaired) electrons. The van der Waals surface area contributed by atoms with E-state index in [-0.39, 0.29) is 12.1 Å². The molecule has 0 saturated heterocycles. The van der Waals surface area contributed by atoms with Gasteiger partial charge in [-0.15, -0.1) is 0 Å². The quantitative estimate of drug-likeness (QED) is 0.682. The van der Waals surface area contributed by atoms with E-state index in [0.29, 0.717) is 21.6 Å². The van der Waals surface area contributed by atoms with Crippen LogP contribution in [-0.2, 0) is 20.9 Å². The fourth-order valence-electron chi connectivity index (χ4n) is 2.44. The molecule has 3 aromatic rings. The third-order valence-electron chi connectivity index (χ3n) is 3.84. The van der Waals surface area contributed by atoms with E-state index in [1.54, 1.807) is 48.5 Å². The van der Waals surface area contributed by atoms with Crippen LogP contribution in [0.25, 0.3) is 10.9 Å². The smallest absolute Gasteiger partial charge is 0.326 e. The highest BCUT2D eigenvalue weighted by atomic mass is 35.5. The number of para-hydroxylation sites is 2. The van der Waals surface area contributed by atoms with E-state index in [4.69, 9.17) is 16.3 Å². The minimum Gasteiger partial charge on any atom is -0.451 e. The minimum absolute atomic E-state index is 0.347. The summed E-state index contributed by atoms with van der Waals surface area (Å²) in [5, 5.41) is 3.36. The zero-order valence-electron chi connectivity index (χ0n) is 14.4. The Labute approximate surface area is 159 Å². The maximum atomic E-state index is 12.4. The van der Waals surface area contributed by atoms with Crippen molar-refractivity contribution in [3.8, 4) is 0 Å². The maximum absolute atomic E-state index is 12.4. The van der Waals surface area contributed by atoms with Gasteiger partial charge in [-0.3, -0.25) is 19.0 Å². The van der Waals surface area contributed by atoms with Gasteiger partial charge in [0, 0.05) is 0 Å². The van der Waals surface area contributed by atoms with Crippen LogP contribution in [0.4, 0.5) is 5.69 Å². The van der Waals surface area contributed by atoms with E-state index in [1.807, 2.05) is 0 Å². The van der Waals surface area contributed by atoms with Gasteiger partial charge in [0.15, 0.2) is 6.10 Å². The topological polar surface area (TPSA) is 90.3 Å². The molecule has 1 atom stereocenters. The van der Waals surface area contributed by atoms with E-state index in [0.717, 1.165) is 4.57 Å². The van der Waals surface area contributed by atoms with Crippen LogP contribution in [0.3, 0.4) is 0 Å². The van der Waals surface area contributed by atoms with Crippen molar-refractivity contribution in [1.82, 2.24) is 9.55 Å². The molecule has 0 bridgehead atoms. The van der Waals surface area contributed by atoms with Gasteiger partial charge < -0.3 is 10.1 Å². The first kappa shape index (κ1) is 18.6. The maximum Gasteiger partial charge on any atom is 0.326 e. The van der Waals surface area contributed by atoms with Crippen LogP contribution in [-0.4, -0.2) is 27.5 Å². The van der Waals surface area contributed by atoms with E-state index in [9.17, 15) is 14.4 Å². The Morgan fingerprint density at radius 3 is 2.67 bits per heavy atom. The first-order chi connectivity index (χ1) is 13.0. The third kappa shape index (κ3) is 4.32. The Balaban J connectivity index is 1.65. The first-order valence-corrected chi connectivity index (χ1v) is 8.52. The average molecular weight is 386 g/mol. The standard InChI is InChI=1S/C19H16ClN3O4/c1-12(18(25)22-16-9-5-3-7-14(16)20)27-17(24)10-23-11-21-15-8-4-2-6-13(15)19(23)26/h2-9,11-12H,10H2,1H3,(H,22,25)/t12-/m1/s1. The van der Waals surface area contributed by atoms with Crippen LogP contribution in [0, 0.1) is 0 Å². The van der Waals surface area contributed by atoms with Crippen molar-refractivity contribution in [2.45, 2.75) is 19.6 Å². The van der Waals surface area contributed by atoms with Crippen molar-refractivity contribution < 1.29 is 14.3 Å². The van der Waals surface area contributed by atoms with Crippen molar-refractivity contribution in [1.29, 1.82) is 0 Å². The normalized spacial score (nSPS) is 11.8. The van der Waals surface area contributed by atoms with Gasteiger partial charge in [0.1, 0.15) is 6.54 Å². The lowest BCUT2D eigenvalue weighted by Crippen LogP contribution is -2.33. The highest BCUT2D eigenvalue weighted by Crippen LogP contribution is 2.20. The number of amides is 1. The Morgan fingerprint density at radius 2 is 1.89 bits per heavy atom. The summed E-state index contributed by atoms with van der Waals surface area (Å²) in [5.74, 6) is -1.25. The lowest BCUT2D eigenvalue weighted by atomic mass is 10.2. The number of hydrogen-bond acceptors (Lipinski definition) is 5. The van der Waals surface area contributed by atoms with E-state index in [1.165, 1.54) is 13.3 Å². The molecule has 0 fully saturated rings. The number of ether oxygens (including phenoxy) is 1. The predicted octanol–water partition coefficient (Wildman–Crippen LogP) is 2.62. The van der Waals surface area contributed by atoms with Crippen molar-refractivity contribution in [3.05, 3.63) is 70.2 Å². The molecule has 2 aromatic carbocycles. The summed E-state index contributed by atoms with van der Waals surface area (Å²) < 4.78 is 6.26. The summed E-state index contributed by atoms with van der Waals surface area (Å²) in [6.45, 7) is 1.09. The van der Waals surface area contributed by atoms with Crippen molar-refractivity contribution in [3.63, 3.8) is 0 Å². The Bertz CT molecular complexity index is 1060. The number of carbonyl (C=O) groups excluding carboxylic acids is 2. The fourth-order valence-corrected chi connectivity index (χ4v) is 2.63. The monoisotopic (exact) mass is 385 g/mol. The molecule has 0 spiro atoms. The number of esters is 1. The molecular formula is C19H16ClN3O4. The lowest BCUT2D eigenvalue weighted by Gasteiger charge is -2.14. The molecule has 7 nitrogen and oxygen atoms in total. The number of carbonyl (C=O) groups is 2. The number of nitrogens with one attached hydrogen (secondary N) is 1. The molecule has 27 heavy (non-hydrogen) atoms. The summed E-state index contributed by atoms with van der Waals surface area (Å²) in [6, 6.07) is 13.5. The number of fused-ring (bicyclic) bond motifs is 1. The molecule has 0 unspecified atom stereocenters. The number of aromatic nitrogens is 2. The number of rotatable bonds is 5. The summed E-state index contributed by atoms with van der Waals surface area (Å²) in [7, 11) is 0. The van der Waals surface area contributed by atoms with Crippen LogP contribution >= 0.6 is 11.6 Å². The van der Waals surface area contributed by atoms with Gasteiger partial charge in [-0.1, -0.05) is 35.9 Å². The minimum atomic E-state index is -1.06. The molecule has 1 aromatic heterocycles. The molecular weight excluding hydrogens is 370 g/mol. The van der Waals surface area contributed by atoms with Gasteiger partial charge in [0.2, 0.25) is 0 Å². The zero-order valence-corrected chi connectivity index (χ0v) is 15.1. The Hall–Kier alpha value is -3.19. The lowest BCUT2D eigenvalue weighted by molar-refractivity contribution is -0.153. The van der Waals surface area contributed by atoms with E-state index in [2.05, 4.69) is 10.3 Å². The summed E-state index contributed by atoms with van der Waals surface area (Å²) in [4.78, 5) is 40.8. The second kappa shape index (κ2) is 8.01. The molecule has 0 aliphatic carbocycles. The second-order valence-corrected chi connectivity index (χ2v) is 6.20. The molecule has 1 N–H and O–H groups in total. The Kier molecular flexibility index (Phi) is 5.52. The van der Waals surface area contributed by atoms with Crippen LogP contribution in [0.15, 0.2) is 59.7 Å². The summed E-state index contributed by atoms with van der Waals surface area (Å²) in [5.41, 5.74) is 0.604. The van der Waals surface area contributed by atoms with Gasteiger partial charge in [0.25, 0.3) is 11.5 Å². The molecule has 0 aliphatic heterocycles. The summed E-state index contributed by atoms with van der Waals surface area (Å²) >= 11 is 5.98. The number of halogens is 1. The number of benzene rings is 2. The fraction of sp³-hybridized carbons (Fsp3) is 0.158. The largest absolute Gasteiger partial charge is 0.451 e. The van der Waals surface area contributed by atoms with Crippen molar-refractivity contribution >= 4 is 40.1 Å². The molecule has 138 valence electrons. The van der Waals surface area contributed by atoms with E-state index < -0.39 is 18.0 Å². The SMILES string of the molecule is C[C@@H](OC(=O)Cn1cnc2ccccc2c1=O)C(=O)Nc1ccccc1Cl. The molecule has 0 saturated carbocycles. The van der Waals surface area contributed by atoms with Crippen LogP contribution < -0.4 is 10.9 Å². The van der Waals surface area contributed by atoms with Crippen molar-refractivity contribution in [2.24, 2.45) is 0 Å². The first-order valence-electron chi connectivity index (χ1n) is 8.15. The molecule has 1 amide bonds. The van der Waals surface area contributed by atoms with Gasteiger partial charge in [0.05, 0.1) is 27.9 Å². The van der Waals surface area contributed by atoms with Crippen LogP contribution in [0.1, 0.15) is 6.92 Å². The van der Waals surface area contributed by atoms with Gasteiger partial charge in [-0.05, 0) is 31.2 Å². The average Bonchev–Trinajstić information content (AvgIpc) is 2.66. The summed E-state index contributed by atoms with van der Waals surface area (Å²) in [6.07, 6.45) is 0.221. The van der Waals surface area contributed by atoms with Crippen LogP contribution in [0.2, 0.25) is 5.02 Å². The van der Waals surface area contributed by atoms with E-state index >= 15 is 0 Å².